The number of rotatable bonds is 4. The fourth-order valence-corrected chi connectivity index (χ4v) is 4.55. The van der Waals surface area contributed by atoms with Crippen LogP contribution in [0.4, 0.5) is 13.2 Å². The van der Waals surface area contributed by atoms with E-state index < -0.39 is 17.3 Å². The minimum absolute atomic E-state index is 0.359. The molecule has 0 bridgehead atoms. The van der Waals surface area contributed by atoms with E-state index in [0.717, 1.165) is 18.7 Å². The highest BCUT2D eigenvalue weighted by Gasteiger charge is 2.37. The Bertz CT molecular complexity index is 803. The summed E-state index contributed by atoms with van der Waals surface area (Å²) in [6, 6.07) is 5.64. The van der Waals surface area contributed by atoms with Crippen molar-refractivity contribution < 1.29 is 18.3 Å². The van der Waals surface area contributed by atoms with E-state index in [4.69, 9.17) is 0 Å². The first kappa shape index (κ1) is 19.5. The number of benzene rings is 1. The highest BCUT2D eigenvalue weighted by Crippen LogP contribution is 2.37. The molecule has 0 amide bonds. The Morgan fingerprint density at radius 2 is 1.86 bits per heavy atom. The number of likely N-dealkylation sites (tertiary alicyclic amines) is 1. The first-order chi connectivity index (χ1) is 13.4. The maximum absolute atomic E-state index is 13.0. The standard InChI is InChI=1S/C21H26F3N3O/c22-21(23,24)17-5-3-4-16(12-17)20(28)8-10-26(11-9-20)14-19-13-25-15-27(19)18-6-1-2-7-18/h3-5,12-13,15,18,28H,1-2,6-11,14H2. The van der Waals surface area contributed by atoms with Gasteiger partial charge in [-0.1, -0.05) is 25.0 Å². The summed E-state index contributed by atoms with van der Waals surface area (Å²) in [7, 11) is 0. The van der Waals surface area contributed by atoms with Crippen molar-refractivity contribution in [3.8, 4) is 0 Å². The van der Waals surface area contributed by atoms with Gasteiger partial charge in [0.25, 0.3) is 0 Å². The van der Waals surface area contributed by atoms with Gasteiger partial charge >= 0.3 is 6.18 Å². The van der Waals surface area contributed by atoms with Crippen LogP contribution in [0.25, 0.3) is 0 Å². The van der Waals surface area contributed by atoms with Gasteiger partial charge < -0.3 is 9.67 Å². The van der Waals surface area contributed by atoms with Crippen LogP contribution in [0.3, 0.4) is 0 Å². The van der Waals surface area contributed by atoms with Gasteiger partial charge in [-0.2, -0.15) is 13.2 Å². The van der Waals surface area contributed by atoms with E-state index in [1.54, 1.807) is 6.07 Å². The Kier molecular flexibility index (Phi) is 5.22. The van der Waals surface area contributed by atoms with Crippen LogP contribution in [0, 0.1) is 0 Å². The van der Waals surface area contributed by atoms with Crippen LogP contribution in [0.15, 0.2) is 36.8 Å². The molecule has 2 heterocycles. The first-order valence-electron chi connectivity index (χ1n) is 9.98. The summed E-state index contributed by atoms with van der Waals surface area (Å²) in [4.78, 5) is 6.58. The zero-order valence-corrected chi connectivity index (χ0v) is 15.8. The minimum atomic E-state index is -4.40. The molecule has 4 rings (SSSR count). The zero-order valence-electron chi connectivity index (χ0n) is 15.8. The van der Waals surface area contributed by atoms with Gasteiger partial charge in [0.1, 0.15) is 0 Å². The van der Waals surface area contributed by atoms with Gasteiger partial charge in [-0.15, -0.1) is 0 Å². The predicted octanol–water partition coefficient (Wildman–Crippen LogP) is 4.50. The Morgan fingerprint density at radius 1 is 1.14 bits per heavy atom. The lowest BCUT2D eigenvalue weighted by Crippen LogP contribution is -2.42. The average Bonchev–Trinajstić information content (AvgIpc) is 3.35. The monoisotopic (exact) mass is 393 g/mol. The van der Waals surface area contributed by atoms with Gasteiger partial charge in [0, 0.05) is 31.9 Å². The van der Waals surface area contributed by atoms with Crippen molar-refractivity contribution in [2.24, 2.45) is 0 Å². The van der Waals surface area contributed by atoms with E-state index in [1.165, 1.54) is 37.4 Å². The third-order valence-electron chi connectivity index (χ3n) is 6.26. The number of piperidine rings is 1. The summed E-state index contributed by atoms with van der Waals surface area (Å²) < 4.78 is 41.3. The lowest BCUT2D eigenvalue weighted by atomic mass is 9.83. The van der Waals surface area contributed by atoms with Gasteiger partial charge in [-0.25, -0.2) is 4.98 Å². The van der Waals surface area contributed by atoms with E-state index in [-0.39, 0.29) is 0 Å². The van der Waals surface area contributed by atoms with E-state index in [9.17, 15) is 18.3 Å². The number of hydrogen-bond donors (Lipinski definition) is 1. The fourth-order valence-electron chi connectivity index (χ4n) is 4.55. The van der Waals surface area contributed by atoms with Crippen LogP contribution in [-0.4, -0.2) is 32.6 Å². The Hall–Kier alpha value is -1.86. The summed E-state index contributed by atoms with van der Waals surface area (Å²) in [6.45, 7) is 2.04. The summed E-state index contributed by atoms with van der Waals surface area (Å²) in [5.74, 6) is 0. The zero-order chi connectivity index (χ0) is 19.8. The fraction of sp³-hybridized carbons (Fsp3) is 0.571. The predicted molar refractivity (Wildman–Crippen MR) is 99.6 cm³/mol. The molecule has 1 N–H and O–H groups in total. The van der Waals surface area contributed by atoms with Gasteiger partial charge in [0.05, 0.1) is 23.2 Å². The largest absolute Gasteiger partial charge is 0.416 e. The molecule has 0 unspecified atom stereocenters. The lowest BCUT2D eigenvalue weighted by Gasteiger charge is -2.39. The molecule has 2 aliphatic rings. The molecule has 2 aromatic rings. The maximum atomic E-state index is 13.0. The molecule has 1 aromatic carbocycles. The van der Waals surface area contributed by atoms with Crippen molar-refractivity contribution >= 4 is 0 Å². The quantitative estimate of drug-likeness (QED) is 0.832. The van der Waals surface area contributed by atoms with Crippen LogP contribution >= 0.6 is 0 Å². The Balaban J connectivity index is 1.42. The Morgan fingerprint density at radius 3 is 2.54 bits per heavy atom. The van der Waals surface area contributed by atoms with Gasteiger partial charge in [-0.05, 0) is 43.4 Å². The van der Waals surface area contributed by atoms with Crippen LogP contribution in [0.5, 0.6) is 0 Å². The van der Waals surface area contributed by atoms with E-state index in [1.807, 2.05) is 12.5 Å². The second-order valence-corrected chi connectivity index (χ2v) is 8.12. The number of hydrogen-bond acceptors (Lipinski definition) is 3. The third-order valence-corrected chi connectivity index (χ3v) is 6.26. The molecule has 0 spiro atoms. The molecule has 0 atom stereocenters. The van der Waals surface area contributed by atoms with E-state index >= 15 is 0 Å². The molecule has 1 saturated heterocycles. The van der Waals surface area contributed by atoms with Gasteiger partial charge in [0.15, 0.2) is 0 Å². The molecule has 1 saturated carbocycles. The van der Waals surface area contributed by atoms with E-state index in [0.29, 0.717) is 37.5 Å². The van der Waals surface area contributed by atoms with Crippen LogP contribution in [0.2, 0.25) is 0 Å². The lowest BCUT2D eigenvalue weighted by molar-refractivity contribution is -0.137. The van der Waals surface area contributed by atoms with Crippen molar-refractivity contribution in [3.63, 3.8) is 0 Å². The molecule has 28 heavy (non-hydrogen) atoms. The van der Waals surface area contributed by atoms with Crippen LogP contribution < -0.4 is 0 Å². The van der Waals surface area contributed by atoms with Crippen molar-refractivity contribution in [2.75, 3.05) is 13.1 Å². The van der Waals surface area contributed by atoms with E-state index in [2.05, 4.69) is 14.5 Å². The maximum Gasteiger partial charge on any atom is 0.416 e. The molecule has 0 radical (unpaired) electrons. The summed E-state index contributed by atoms with van der Waals surface area (Å²) in [5, 5.41) is 11.0. The minimum Gasteiger partial charge on any atom is -0.385 e. The number of alkyl halides is 3. The number of halogens is 3. The molecule has 1 aliphatic heterocycles. The van der Waals surface area contributed by atoms with Gasteiger partial charge in [0.2, 0.25) is 0 Å². The molecule has 7 heteroatoms. The number of nitrogens with zero attached hydrogens (tertiary/aromatic N) is 3. The van der Waals surface area contributed by atoms with Crippen molar-refractivity contribution in [1.29, 1.82) is 0 Å². The molecule has 2 fully saturated rings. The highest BCUT2D eigenvalue weighted by molar-refractivity contribution is 5.30. The summed E-state index contributed by atoms with van der Waals surface area (Å²) >= 11 is 0. The first-order valence-corrected chi connectivity index (χ1v) is 9.98. The molecule has 4 nitrogen and oxygen atoms in total. The second kappa shape index (κ2) is 7.52. The van der Waals surface area contributed by atoms with Crippen molar-refractivity contribution in [3.05, 3.63) is 53.6 Å². The number of imidazole rings is 1. The molecular formula is C21H26F3N3O. The second-order valence-electron chi connectivity index (χ2n) is 8.12. The van der Waals surface area contributed by atoms with Crippen molar-refractivity contribution in [2.45, 2.75) is 62.9 Å². The van der Waals surface area contributed by atoms with Gasteiger partial charge in [-0.3, -0.25) is 4.90 Å². The summed E-state index contributed by atoms with van der Waals surface area (Å²) in [5.41, 5.74) is -0.376. The SMILES string of the molecule is OC1(c2cccc(C(F)(F)F)c2)CCN(Cc2cncn2C2CCCC2)CC1. The number of aromatic nitrogens is 2. The average molecular weight is 393 g/mol. The normalized spacial score (nSPS) is 21.3. The van der Waals surface area contributed by atoms with Crippen LogP contribution in [0.1, 0.15) is 61.4 Å². The number of aliphatic hydroxyl groups is 1. The highest BCUT2D eigenvalue weighted by atomic mass is 19.4. The smallest absolute Gasteiger partial charge is 0.385 e. The third kappa shape index (κ3) is 3.96. The molecule has 1 aliphatic carbocycles. The molecular weight excluding hydrogens is 367 g/mol. The summed E-state index contributed by atoms with van der Waals surface area (Å²) in [6.07, 6.45) is 5.17. The molecule has 1 aromatic heterocycles. The molecule has 152 valence electrons. The van der Waals surface area contributed by atoms with Crippen molar-refractivity contribution in [1.82, 2.24) is 14.5 Å². The Labute approximate surface area is 163 Å². The van der Waals surface area contributed by atoms with Crippen LogP contribution in [-0.2, 0) is 18.3 Å². The topological polar surface area (TPSA) is 41.3 Å².